The van der Waals surface area contributed by atoms with Crippen LogP contribution >= 0.6 is 0 Å². The first-order valence-electron chi connectivity index (χ1n) is 8.71. The van der Waals surface area contributed by atoms with Gasteiger partial charge in [0.25, 0.3) is 0 Å². The molecule has 1 aliphatic carbocycles. The van der Waals surface area contributed by atoms with Gasteiger partial charge in [-0.1, -0.05) is 19.3 Å². The summed E-state index contributed by atoms with van der Waals surface area (Å²) in [6.45, 7) is 2.73. The predicted octanol–water partition coefficient (Wildman–Crippen LogP) is 3.30. The number of benzene rings is 1. The number of rotatable bonds is 6. The van der Waals surface area contributed by atoms with Crippen LogP contribution in [0.5, 0.6) is 5.75 Å². The topological polar surface area (TPSA) is 60.3 Å². The molecular formula is C19H24N2O3. The van der Waals surface area contributed by atoms with Crippen molar-refractivity contribution in [3.8, 4) is 5.75 Å². The van der Waals surface area contributed by atoms with Gasteiger partial charge in [0.1, 0.15) is 12.3 Å². The maximum Gasteiger partial charge on any atom is 0.240 e. The van der Waals surface area contributed by atoms with Crippen molar-refractivity contribution in [2.75, 3.05) is 6.61 Å². The standard InChI is InChI=1S/C19H24N2O3/c1-2-24-16-8-9-18-17(10-16)14(13-22)11-21(18)12-19(23)20-15-6-4-3-5-7-15/h8-11,13,15H,2-7,12H2,1H3,(H,20,23). The van der Waals surface area contributed by atoms with Gasteiger partial charge in [-0.25, -0.2) is 0 Å². The lowest BCUT2D eigenvalue weighted by Crippen LogP contribution is -2.38. The Morgan fingerprint density at radius 1 is 1.33 bits per heavy atom. The van der Waals surface area contributed by atoms with Crippen LogP contribution in [-0.4, -0.2) is 29.4 Å². The van der Waals surface area contributed by atoms with Gasteiger partial charge in [0.15, 0.2) is 6.29 Å². The first-order valence-corrected chi connectivity index (χ1v) is 8.71. The summed E-state index contributed by atoms with van der Waals surface area (Å²) < 4.78 is 7.34. The van der Waals surface area contributed by atoms with E-state index >= 15 is 0 Å². The Kier molecular flexibility index (Phi) is 5.18. The smallest absolute Gasteiger partial charge is 0.240 e. The van der Waals surface area contributed by atoms with Gasteiger partial charge < -0.3 is 14.6 Å². The molecule has 1 aromatic heterocycles. The average molecular weight is 328 g/mol. The van der Waals surface area contributed by atoms with Crippen LogP contribution in [0.1, 0.15) is 49.4 Å². The van der Waals surface area contributed by atoms with E-state index in [1.165, 1.54) is 19.3 Å². The Hall–Kier alpha value is -2.30. The summed E-state index contributed by atoms with van der Waals surface area (Å²) in [6, 6.07) is 5.93. The number of amides is 1. The Bertz CT molecular complexity index is 730. The third-order valence-electron chi connectivity index (χ3n) is 4.61. The number of nitrogens with one attached hydrogen (secondary N) is 1. The quantitative estimate of drug-likeness (QED) is 0.828. The monoisotopic (exact) mass is 328 g/mol. The predicted molar refractivity (Wildman–Crippen MR) is 93.5 cm³/mol. The second-order valence-electron chi connectivity index (χ2n) is 6.34. The number of nitrogens with zero attached hydrogens (tertiary/aromatic N) is 1. The van der Waals surface area contributed by atoms with E-state index in [-0.39, 0.29) is 12.5 Å². The number of aldehydes is 1. The van der Waals surface area contributed by atoms with Crippen LogP contribution in [0.15, 0.2) is 24.4 Å². The van der Waals surface area contributed by atoms with Gasteiger partial charge in [0.2, 0.25) is 5.91 Å². The molecule has 0 unspecified atom stereocenters. The number of carbonyl (C=O) groups is 2. The molecule has 0 atom stereocenters. The molecule has 0 radical (unpaired) electrons. The number of hydrogen-bond acceptors (Lipinski definition) is 3. The molecule has 1 aliphatic rings. The minimum Gasteiger partial charge on any atom is -0.494 e. The summed E-state index contributed by atoms with van der Waals surface area (Å²) in [7, 11) is 0. The molecule has 1 amide bonds. The van der Waals surface area contributed by atoms with Crippen LogP contribution in [0.3, 0.4) is 0 Å². The fraction of sp³-hybridized carbons (Fsp3) is 0.474. The molecule has 1 N–H and O–H groups in total. The van der Waals surface area contributed by atoms with E-state index in [1.807, 2.05) is 29.7 Å². The second-order valence-corrected chi connectivity index (χ2v) is 6.34. The molecule has 0 aliphatic heterocycles. The third-order valence-corrected chi connectivity index (χ3v) is 4.61. The molecule has 3 rings (SSSR count). The zero-order valence-electron chi connectivity index (χ0n) is 14.1. The highest BCUT2D eigenvalue weighted by atomic mass is 16.5. The fourth-order valence-electron chi connectivity index (χ4n) is 3.46. The summed E-state index contributed by atoms with van der Waals surface area (Å²) in [5, 5.41) is 3.94. The lowest BCUT2D eigenvalue weighted by Gasteiger charge is -2.22. The van der Waals surface area contributed by atoms with E-state index in [2.05, 4.69) is 5.32 Å². The SMILES string of the molecule is CCOc1ccc2c(c1)c(C=O)cn2CC(=O)NC1CCCCC1. The molecule has 0 spiro atoms. The van der Waals surface area contributed by atoms with E-state index in [4.69, 9.17) is 4.74 Å². The van der Waals surface area contributed by atoms with E-state index in [0.29, 0.717) is 18.2 Å². The van der Waals surface area contributed by atoms with E-state index < -0.39 is 0 Å². The Morgan fingerprint density at radius 3 is 2.83 bits per heavy atom. The highest BCUT2D eigenvalue weighted by Gasteiger charge is 2.17. The summed E-state index contributed by atoms with van der Waals surface area (Å²) >= 11 is 0. The van der Waals surface area contributed by atoms with Crippen molar-refractivity contribution in [3.05, 3.63) is 30.0 Å². The van der Waals surface area contributed by atoms with Crippen LogP contribution in [0.2, 0.25) is 0 Å². The minimum atomic E-state index is 0.00475. The second kappa shape index (κ2) is 7.51. The molecule has 24 heavy (non-hydrogen) atoms. The lowest BCUT2D eigenvalue weighted by molar-refractivity contribution is -0.122. The first kappa shape index (κ1) is 16.6. The van der Waals surface area contributed by atoms with Crippen LogP contribution < -0.4 is 10.1 Å². The summed E-state index contributed by atoms with van der Waals surface area (Å²) in [5.74, 6) is 0.739. The maximum atomic E-state index is 12.3. The fourth-order valence-corrected chi connectivity index (χ4v) is 3.46. The van der Waals surface area contributed by atoms with Crippen molar-refractivity contribution in [2.24, 2.45) is 0 Å². The molecule has 2 aromatic rings. The summed E-state index contributed by atoms with van der Waals surface area (Å²) in [4.78, 5) is 23.7. The van der Waals surface area contributed by atoms with Crippen molar-refractivity contribution >= 4 is 23.1 Å². The van der Waals surface area contributed by atoms with E-state index in [0.717, 1.165) is 35.8 Å². The van der Waals surface area contributed by atoms with Crippen molar-refractivity contribution in [3.63, 3.8) is 0 Å². The van der Waals surface area contributed by atoms with E-state index in [1.54, 1.807) is 6.20 Å². The third kappa shape index (κ3) is 3.61. The molecule has 5 heteroatoms. The molecule has 1 heterocycles. The van der Waals surface area contributed by atoms with Crippen molar-refractivity contribution in [1.82, 2.24) is 9.88 Å². The molecular weight excluding hydrogens is 304 g/mol. The van der Waals surface area contributed by atoms with Crippen LogP contribution in [0.4, 0.5) is 0 Å². The molecule has 0 bridgehead atoms. The number of fused-ring (bicyclic) bond motifs is 1. The molecule has 0 saturated heterocycles. The Morgan fingerprint density at radius 2 is 2.12 bits per heavy atom. The maximum absolute atomic E-state index is 12.3. The van der Waals surface area contributed by atoms with Crippen LogP contribution in [0, 0.1) is 0 Å². The molecule has 1 saturated carbocycles. The highest BCUT2D eigenvalue weighted by Crippen LogP contribution is 2.25. The van der Waals surface area contributed by atoms with E-state index in [9.17, 15) is 9.59 Å². The molecule has 1 aromatic carbocycles. The normalized spacial score (nSPS) is 15.4. The van der Waals surface area contributed by atoms with Gasteiger partial charge in [0.05, 0.1) is 6.61 Å². The Labute approximate surface area is 142 Å². The van der Waals surface area contributed by atoms with Crippen molar-refractivity contribution in [1.29, 1.82) is 0 Å². The number of aromatic nitrogens is 1. The minimum absolute atomic E-state index is 0.00475. The number of carbonyl (C=O) groups excluding carboxylic acids is 2. The van der Waals surface area contributed by atoms with Gasteiger partial charge in [-0.2, -0.15) is 0 Å². The van der Waals surface area contributed by atoms with Gasteiger partial charge in [-0.3, -0.25) is 9.59 Å². The summed E-state index contributed by atoms with van der Waals surface area (Å²) in [6.07, 6.45) is 8.34. The van der Waals surface area contributed by atoms with Gasteiger partial charge in [0, 0.05) is 28.7 Å². The molecule has 5 nitrogen and oxygen atoms in total. The number of ether oxygens (including phenoxy) is 1. The zero-order valence-corrected chi connectivity index (χ0v) is 14.1. The summed E-state index contributed by atoms with van der Waals surface area (Å²) in [5.41, 5.74) is 1.45. The van der Waals surface area contributed by atoms with Crippen molar-refractivity contribution < 1.29 is 14.3 Å². The van der Waals surface area contributed by atoms with Crippen molar-refractivity contribution in [2.45, 2.75) is 51.6 Å². The van der Waals surface area contributed by atoms with Crippen LogP contribution in [0.25, 0.3) is 10.9 Å². The van der Waals surface area contributed by atoms with Gasteiger partial charge >= 0.3 is 0 Å². The van der Waals surface area contributed by atoms with Gasteiger partial charge in [-0.15, -0.1) is 0 Å². The first-order chi connectivity index (χ1) is 11.7. The number of hydrogen-bond donors (Lipinski definition) is 1. The molecule has 1 fully saturated rings. The zero-order chi connectivity index (χ0) is 16.9. The highest BCUT2D eigenvalue weighted by molar-refractivity contribution is 5.98. The Balaban J connectivity index is 1.78. The van der Waals surface area contributed by atoms with Crippen LogP contribution in [-0.2, 0) is 11.3 Å². The lowest BCUT2D eigenvalue weighted by atomic mass is 9.95. The molecule has 128 valence electrons. The van der Waals surface area contributed by atoms with Gasteiger partial charge in [-0.05, 0) is 38.0 Å². The largest absolute Gasteiger partial charge is 0.494 e. The average Bonchev–Trinajstić information content (AvgIpc) is 2.93.